The topological polar surface area (TPSA) is 115 Å². The molecule has 0 N–H and O–H groups in total. The van der Waals surface area contributed by atoms with Crippen LogP contribution >= 0.6 is 0 Å². The first-order valence-electron chi connectivity index (χ1n) is 14.0. The van der Waals surface area contributed by atoms with Crippen LogP contribution in [0.25, 0.3) is 0 Å². The summed E-state index contributed by atoms with van der Waals surface area (Å²) in [6, 6.07) is 17.8. The highest BCUT2D eigenvalue weighted by molar-refractivity contribution is 5.97. The van der Waals surface area contributed by atoms with Crippen LogP contribution in [0.2, 0.25) is 0 Å². The van der Waals surface area contributed by atoms with E-state index in [1.807, 2.05) is 4.90 Å². The molecule has 0 spiro atoms. The van der Waals surface area contributed by atoms with Crippen molar-refractivity contribution in [2.24, 2.45) is 0 Å². The minimum absolute atomic E-state index is 0.0237. The maximum Gasteiger partial charge on any atom is 0.573 e. The highest BCUT2D eigenvalue weighted by Crippen LogP contribution is 2.35. The molecule has 1 heterocycles. The van der Waals surface area contributed by atoms with E-state index in [2.05, 4.69) is 4.74 Å². The van der Waals surface area contributed by atoms with Gasteiger partial charge in [-0.05, 0) is 62.7 Å². The Morgan fingerprint density at radius 1 is 0.911 bits per heavy atom. The van der Waals surface area contributed by atoms with Crippen LogP contribution < -0.4 is 19.3 Å². The fourth-order valence-corrected chi connectivity index (χ4v) is 4.58. The van der Waals surface area contributed by atoms with E-state index in [1.165, 1.54) is 29.2 Å². The number of halogens is 3. The van der Waals surface area contributed by atoms with E-state index >= 15 is 0 Å². The highest BCUT2D eigenvalue weighted by Gasteiger charge is 2.32. The molecule has 0 aromatic heterocycles. The van der Waals surface area contributed by atoms with Gasteiger partial charge in [0.2, 0.25) is 0 Å². The van der Waals surface area contributed by atoms with Gasteiger partial charge in [-0.2, -0.15) is 0 Å². The van der Waals surface area contributed by atoms with E-state index in [9.17, 15) is 32.9 Å². The summed E-state index contributed by atoms with van der Waals surface area (Å²) < 4.78 is 53.0. The summed E-state index contributed by atoms with van der Waals surface area (Å²) >= 11 is 0. The number of nitro groups is 1. The van der Waals surface area contributed by atoms with Crippen molar-refractivity contribution in [2.45, 2.75) is 39.3 Å². The molecule has 240 valence electrons. The predicted octanol–water partition coefficient (Wildman–Crippen LogP) is 6.16. The Bertz CT molecular complexity index is 1490. The minimum atomic E-state index is -4.88. The molecule has 0 unspecified atom stereocenters. The van der Waals surface area contributed by atoms with E-state index in [4.69, 9.17) is 9.47 Å². The van der Waals surface area contributed by atoms with Crippen LogP contribution in [-0.4, -0.2) is 66.6 Å². The van der Waals surface area contributed by atoms with Crippen molar-refractivity contribution in [1.82, 2.24) is 4.90 Å². The molecule has 1 saturated heterocycles. The Balaban J connectivity index is 1.61. The number of amides is 2. The largest absolute Gasteiger partial charge is 0.573 e. The third kappa shape index (κ3) is 9.49. The zero-order valence-electron chi connectivity index (χ0n) is 25.0. The molecule has 1 aliphatic heterocycles. The number of nitro benzene ring substituents is 1. The SMILES string of the molecule is CC(C)(C)OC(=O)N1CCN(c2ccc([N+](=O)[O-])c(N(Cc3ccc(OC(F)(F)F)cc3)C(=O)COc3ccccc3)c2)CC1. The average Bonchev–Trinajstić information content (AvgIpc) is 2.98. The number of hydrogen-bond donors (Lipinski definition) is 0. The number of para-hydroxylation sites is 1. The fourth-order valence-electron chi connectivity index (χ4n) is 4.58. The van der Waals surface area contributed by atoms with Gasteiger partial charge < -0.3 is 24.0 Å². The molecule has 0 saturated carbocycles. The lowest BCUT2D eigenvalue weighted by Gasteiger charge is -2.37. The molecular formula is C31H33F3N4O7. The lowest BCUT2D eigenvalue weighted by Crippen LogP contribution is -2.50. The molecule has 0 aliphatic carbocycles. The number of carbonyl (C=O) groups is 2. The van der Waals surface area contributed by atoms with Crippen LogP contribution in [0.3, 0.4) is 0 Å². The number of carbonyl (C=O) groups excluding carboxylic acids is 2. The summed E-state index contributed by atoms with van der Waals surface area (Å²) in [6.07, 6.45) is -5.31. The van der Waals surface area contributed by atoms with E-state index in [-0.39, 0.29) is 17.9 Å². The maximum atomic E-state index is 13.6. The van der Waals surface area contributed by atoms with Crippen LogP contribution in [0, 0.1) is 10.1 Å². The maximum absolute atomic E-state index is 13.6. The summed E-state index contributed by atoms with van der Waals surface area (Å²) in [5, 5.41) is 12.1. The lowest BCUT2D eigenvalue weighted by atomic mass is 10.1. The fraction of sp³-hybridized carbons (Fsp3) is 0.355. The Kier molecular flexibility index (Phi) is 10.0. The third-order valence-electron chi connectivity index (χ3n) is 6.65. The minimum Gasteiger partial charge on any atom is -0.484 e. The van der Waals surface area contributed by atoms with Crippen molar-refractivity contribution in [3.63, 3.8) is 0 Å². The van der Waals surface area contributed by atoms with E-state index in [0.29, 0.717) is 43.2 Å². The Hall–Kier alpha value is -5.01. The Labute approximate surface area is 257 Å². The second kappa shape index (κ2) is 13.7. The number of alkyl halides is 3. The van der Waals surface area contributed by atoms with Gasteiger partial charge in [-0.1, -0.05) is 30.3 Å². The molecule has 1 aliphatic rings. The molecule has 0 atom stereocenters. The molecule has 4 rings (SSSR count). The van der Waals surface area contributed by atoms with Crippen LogP contribution in [0.4, 0.5) is 35.0 Å². The van der Waals surface area contributed by atoms with Crippen molar-refractivity contribution in [1.29, 1.82) is 0 Å². The molecule has 14 heteroatoms. The van der Waals surface area contributed by atoms with Crippen molar-refractivity contribution in [2.75, 3.05) is 42.6 Å². The highest BCUT2D eigenvalue weighted by atomic mass is 19.4. The van der Waals surface area contributed by atoms with Crippen molar-refractivity contribution < 1.29 is 41.9 Å². The summed E-state index contributed by atoms with van der Waals surface area (Å²) in [7, 11) is 0. The van der Waals surface area contributed by atoms with Crippen molar-refractivity contribution >= 4 is 29.1 Å². The molecule has 0 bridgehead atoms. The number of piperazine rings is 1. The standard InChI is InChI=1S/C31H33F3N4O7/c1-30(2,3)45-29(40)36-17-15-35(16-18-36)23-11-14-26(38(41)42)27(19-23)37(28(39)21-43-24-7-5-4-6-8-24)20-22-9-12-25(13-10-22)44-31(32,33)34/h4-14,19H,15-18,20-21H2,1-3H3. The lowest BCUT2D eigenvalue weighted by molar-refractivity contribution is -0.384. The summed E-state index contributed by atoms with van der Waals surface area (Å²) in [4.78, 5) is 42.3. The zero-order valence-corrected chi connectivity index (χ0v) is 25.0. The first-order chi connectivity index (χ1) is 21.2. The second-order valence-electron chi connectivity index (χ2n) is 11.2. The van der Waals surface area contributed by atoms with E-state index in [0.717, 1.165) is 12.1 Å². The second-order valence-corrected chi connectivity index (χ2v) is 11.2. The zero-order chi connectivity index (χ0) is 32.8. The van der Waals surface area contributed by atoms with Crippen molar-refractivity contribution in [3.05, 3.63) is 88.5 Å². The molecule has 2 amide bonds. The normalized spacial score (nSPS) is 13.6. The molecule has 45 heavy (non-hydrogen) atoms. The van der Waals surface area contributed by atoms with E-state index in [1.54, 1.807) is 62.1 Å². The van der Waals surface area contributed by atoms with Gasteiger partial charge >= 0.3 is 12.5 Å². The number of anilines is 2. The number of nitrogens with zero attached hydrogens (tertiary/aromatic N) is 4. The monoisotopic (exact) mass is 630 g/mol. The van der Waals surface area contributed by atoms with E-state index < -0.39 is 41.2 Å². The first-order valence-corrected chi connectivity index (χ1v) is 14.0. The number of rotatable bonds is 9. The molecule has 11 nitrogen and oxygen atoms in total. The van der Waals surface area contributed by atoms with Gasteiger partial charge in [0.15, 0.2) is 6.61 Å². The van der Waals surface area contributed by atoms with Crippen LogP contribution in [0.1, 0.15) is 26.3 Å². The van der Waals surface area contributed by atoms with Gasteiger partial charge in [-0.25, -0.2) is 4.79 Å². The Morgan fingerprint density at radius 2 is 1.56 bits per heavy atom. The molecular weight excluding hydrogens is 597 g/mol. The molecule has 1 fully saturated rings. The summed E-state index contributed by atoms with van der Waals surface area (Å²) in [6.45, 7) is 6.18. The summed E-state index contributed by atoms with van der Waals surface area (Å²) in [5.41, 5.74) is -0.0492. The molecule has 3 aromatic carbocycles. The summed E-state index contributed by atoms with van der Waals surface area (Å²) in [5.74, 6) is -0.662. The third-order valence-corrected chi connectivity index (χ3v) is 6.65. The van der Waals surface area contributed by atoms with Gasteiger partial charge in [-0.3, -0.25) is 19.8 Å². The van der Waals surface area contributed by atoms with Gasteiger partial charge in [-0.15, -0.1) is 13.2 Å². The average molecular weight is 631 g/mol. The Morgan fingerprint density at radius 3 is 2.13 bits per heavy atom. The quantitative estimate of drug-likeness (QED) is 0.204. The van der Waals surface area contributed by atoms with Crippen LogP contribution in [-0.2, 0) is 16.1 Å². The van der Waals surface area contributed by atoms with Gasteiger partial charge in [0.05, 0.1) is 11.5 Å². The van der Waals surface area contributed by atoms with Crippen LogP contribution in [0.15, 0.2) is 72.8 Å². The predicted molar refractivity (Wildman–Crippen MR) is 159 cm³/mol. The van der Waals surface area contributed by atoms with Gasteiger partial charge in [0.25, 0.3) is 11.6 Å². The number of hydrogen-bond acceptors (Lipinski definition) is 8. The first kappa shape index (κ1) is 32.9. The number of benzene rings is 3. The van der Waals surface area contributed by atoms with Gasteiger partial charge in [0.1, 0.15) is 22.8 Å². The number of ether oxygens (including phenoxy) is 3. The van der Waals surface area contributed by atoms with Crippen LogP contribution in [0.5, 0.6) is 11.5 Å². The van der Waals surface area contributed by atoms with Gasteiger partial charge in [0, 0.05) is 37.9 Å². The molecule has 0 radical (unpaired) electrons. The van der Waals surface area contributed by atoms with Crippen molar-refractivity contribution in [3.8, 4) is 11.5 Å². The molecule has 3 aromatic rings. The smallest absolute Gasteiger partial charge is 0.484 e.